The summed E-state index contributed by atoms with van der Waals surface area (Å²) in [5, 5.41) is 8.97. The van der Waals surface area contributed by atoms with E-state index in [1.165, 1.54) is 0 Å². The van der Waals surface area contributed by atoms with E-state index in [0.29, 0.717) is 11.8 Å². The van der Waals surface area contributed by atoms with Gasteiger partial charge in [0.1, 0.15) is 5.69 Å². The fraction of sp³-hybridized carbons (Fsp3) is 0.571. The average molecular weight is 250 g/mol. The Morgan fingerprint density at radius 1 is 1.28 bits per heavy atom. The van der Waals surface area contributed by atoms with Crippen LogP contribution in [0.3, 0.4) is 0 Å². The molecule has 1 N–H and O–H groups in total. The lowest BCUT2D eigenvalue weighted by Gasteiger charge is -2.28. The molecule has 0 saturated heterocycles. The van der Waals surface area contributed by atoms with Crippen molar-refractivity contribution in [3.05, 3.63) is 24.0 Å². The molecule has 0 aromatic carbocycles. The molecule has 1 aromatic rings. The van der Waals surface area contributed by atoms with Crippen LogP contribution in [0.15, 0.2) is 18.3 Å². The van der Waals surface area contributed by atoms with Gasteiger partial charge in [0.2, 0.25) is 0 Å². The number of rotatable bonds is 6. The zero-order chi connectivity index (χ0) is 13.7. The predicted octanol–water partition coefficient (Wildman–Crippen LogP) is 2.90. The molecule has 0 aliphatic carbocycles. The maximum atomic E-state index is 10.9. The van der Waals surface area contributed by atoms with Gasteiger partial charge >= 0.3 is 5.97 Å². The summed E-state index contributed by atoms with van der Waals surface area (Å²) >= 11 is 0. The molecule has 4 nitrogen and oxygen atoms in total. The molecule has 0 aliphatic heterocycles. The summed E-state index contributed by atoms with van der Waals surface area (Å²) in [7, 11) is 0. The van der Waals surface area contributed by atoms with E-state index in [1.807, 2.05) is 6.07 Å². The summed E-state index contributed by atoms with van der Waals surface area (Å²) in [4.78, 5) is 17.0. The number of nitrogens with zero attached hydrogens (tertiary/aromatic N) is 2. The van der Waals surface area contributed by atoms with Crippen LogP contribution < -0.4 is 4.90 Å². The Labute approximate surface area is 109 Å². The van der Waals surface area contributed by atoms with Crippen molar-refractivity contribution in [1.82, 2.24) is 4.98 Å². The molecule has 0 spiro atoms. The highest BCUT2D eigenvalue weighted by atomic mass is 16.4. The van der Waals surface area contributed by atoms with Gasteiger partial charge in [-0.25, -0.2) is 9.78 Å². The van der Waals surface area contributed by atoms with Crippen molar-refractivity contribution in [1.29, 1.82) is 0 Å². The minimum absolute atomic E-state index is 0.102. The number of carboxylic acids is 1. The van der Waals surface area contributed by atoms with Crippen molar-refractivity contribution in [2.45, 2.75) is 27.7 Å². The summed E-state index contributed by atoms with van der Waals surface area (Å²) in [5.74, 6) is 0.0845. The third kappa shape index (κ3) is 4.35. The van der Waals surface area contributed by atoms with E-state index in [9.17, 15) is 4.79 Å². The standard InChI is InChI=1S/C14H22N2O2/c1-10(2)8-16(9-11(3)4)12-5-6-15-13(7-12)14(17)18/h5-7,10-11H,8-9H2,1-4H3,(H,17,18). The van der Waals surface area contributed by atoms with Crippen LogP contribution in [0.5, 0.6) is 0 Å². The van der Waals surface area contributed by atoms with Crippen LogP contribution in [0.4, 0.5) is 5.69 Å². The van der Waals surface area contributed by atoms with E-state index in [2.05, 4.69) is 37.6 Å². The van der Waals surface area contributed by atoms with Gasteiger partial charge in [0.25, 0.3) is 0 Å². The first-order valence-corrected chi connectivity index (χ1v) is 6.34. The fourth-order valence-electron chi connectivity index (χ4n) is 1.90. The van der Waals surface area contributed by atoms with Gasteiger partial charge in [-0.2, -0.15) is 0 Å². The number of hydrogen-bond acceptors (Lipinski definition) is 3. The number of anilines is 1. The van der Waals surface area contributed by atoms with Crippen LogP contribution in [0, 0.1) is 11.8 Å². The lowest BCUT2D eigenvalue weighted by atomic mass is 10.1. The monoisotopic (exact) mass is 250 g/mol. The second-order valence-corrected chi connectivity index (χ2v) is 5.40. The van der Waals surface area contributed by atoms with E-state index < -0.39 is 5.97 Å². The van der Waals surface area contributed by atoms with Crippen LogP contribution in [-0.4, -0.2) is 29.1 Å². The van der Waals surface area contributed by atoms with Crippen molar-refractivity contribution in [3.8, 4) is 0 Å². The Morgan fingerprint density at radius 2 is 1.83 bits per heavy atom. The van der Waals surface area contributed by atoms with Crippen LogP contribution in [0.2, 0.25) is 0 Å². The lowest BCUT2D eigenvalue weighted by Crippen LogP contribution is -2.31. The maximum absolute atomic E-state index is 10.9. The van der Waals surface area contributed by atoms with Crippen LogP contribution in [0.1, 0.15) is 38.2 Å². The second-order valence-electron chi connectivity index (χ2n) is 5.40. The molecule has 0 unspecified atom stereocenters. The first-order valence-electron chi connectivity index (χ1n) is 6.34. The highest BCUT2D eigenvalue weighted by Crippen LogP contribution is 2.18. The molecular weight excluding hydrogens is 228 g/mol. The smallest absolute Gasteiger partial charge is 0.354 e. The summed E-state index contributed by atoms with van der Waals surface area (Å²) in [6.07, 6.45) is 1.56. The number of hydrogen-bond donors (Lipinski definition) is 1. The molecule has 0 bridgehead atoms. The highest BCUT2D eigenvalue weighted by molar-refractivity contribution is 5.86. The van der Waals surface area contributed by atoms with E-state index in [0.717, 1.165) is 18.8 Å². The molecule has 18 heavy (non-hydrogen) atoms. The molecule has 0 fully saturated rings. The molecule has 1 rings (SSSR count). The molecule has 0 aliphatic rings. The Balaban J connectivity index is 2.96. The molecule has 4 heteroatoms. The first kappa shape index (κ1) is 14.5. The SMILES string of the molecule is CC(C)CN(CC(C)C)c1ccnc(C(=O)O)c1. The molecule has 1 heterocycles. The van der Waals surface area contributed by atoms with Gasteiger partial charge in [-0.3, -0.25) is 0 Å². The van der Waals surface area contributed by atoms with Crippen molar-refractivity contribution in [2.75, 3.05) is 18.0 Å². The van der Waals surface area contributed by atoms with Gasteiger partial charge in [0.05, 0.1) is 0 Å². The van der Waals surface area contributed by atoms with Crippen molar-refractivity contribution in [3.63, 3.8) is 0 Å². The molecule has 0 atom stereocenters. The molecule has 0 saturated carbocycles. The quantitative estimate of drug-likeness (QED) is 0.843. The lowest BCUT2D eigenvalue weighted by molar-refractivity contribution is 0.0690. The minimum Gasteiger partial charge on any atom is -0.477 e. The van der Waals surface area contributed by atoms with Crippen molar-refractivity contribution in [2.24, 2.45) is 11.8 Å². The number of carbonyl (C=O) groups is 1. The number of pyridine rings is 1. The van der Waals surface area contributed by atoms with Gasteiger partial charge in [-0.15, -0.1) is 0 Å². The number of carboxylic acid groups (broad SMARTS) is 1. The summed E-state index contributed by atoms with van der Waals surface area (Å²) in [5.41, 5.74) is 1.04. The largest absolute Gasteiger partial charge is 0.477 e. The molecular formula is C14H22N2O2. The molecule has 0 amide bonds. The zero-order valence-electron chi connectivity index (χ0n) is 11.6. The van der Waals surface area contributed by atoms with E-state index in [1.54, 1.807) is 12.3 Å². The van der Waals surface area contributed by atoms with Gasteiger partial charge in [-0.05, 0) is 24.0 Å². The van der Waals surface area contributed by atoms with Gasteiger partial charge in [0, 0.05) is 25.0 Å². The van der Waals surface area contributed by atoms with Crippen LogP contribution in [-0.2, 0) is 0 Å². The zero-order valence-corrected chi connectivity index (χ0v) is 11.6. The summed E-state index contributed by atoms with van der Waals surface area (Å²) in [6, 6.07) is 3.52. The normalized spacial score (nSPS) is 11.0. The number of aromatic nitrogens is 1. The van der Waals surface area contributed by atoms with E-state index in [4.69, 9.17) is 5.11 Å². The Morgan fingerprint density at radius 3 is 2.28 bits per heavy atom. The Kier molecular flexibility index (Phi) is 5.13. The maximum Gasteiger partial charge on any atom is 0.354 e. The minimum atomic E-state index is -0.981. The van der Waals surface area contributed by atoms with Crippen molar-refractivity contribution < 1.29 is 9.90 Å². The fourth-order valence-corrected chi connectivity index (χ4v) is 1.90. The predicted molar refractivity (Wildman–Crippen MR) is 73.1 cm³/mol. The molecule has 100 valence electrons. The topological polar surface area (TPSA) is 53.4 Å². The third-order valence-corrected chi connectivity index (χ3v) is 2.50. The van der Waals surface area contributed by atoms with E-state index >= 15 is 0 Å². The Hall–Kier alpha value is -1.58. The van der Waals surface area contributed by atoms with Crippen LogP contribution >= 0.6 is 0 Å². The Bertz CT molecular complexity index is 393. The highest BCUT2D eigenvalue weighted by Gasteiger charge is 2.13. The van der Waals surface area contributed by atoms with Gasteiger partial charge < -0.3 is 10.0 Å². The molecule has 1 aromatic heterocycles. The van der Waals surface area contributed by atoms with Gasteiger partial charge in [0.15, 0.2) is 0 Å². The van der Waals surface area contributed by atoms with Gasteiger partial charge in [-0.1, -0.05) is 27.7 Å². The number of aromatic carboxylic acids is 1. The average Bonchev–Trinajstić information content (AvgIpc) is 2.27. The summed E-state index contributed by atoms with van der Waals surface area (Å²) in [6.45, 7) is 10.5. The molecule has 0 radical (unpaired) electrons. The first-order chi connectivity index (χ1) is 8.40. The summed E-state index contributed by atoms with van der Waals surface area (Å²) < 4.78 is 0. The van der Waals surface area contributed by atoms with E-state index in [-0.39, 0.29) is 5.69 Å². The third-order valence-electron chi connectivity index (χ3n) is 2.50. The van der Waals surface area contributed by atoms with Crippen LogP contribution in [0.25, 0.3) is 0 Å². The second kappa shape index (κ2) is 6.38. The van der Waals surface area contributed by atoms with Crippen molar-refractivity contribution >= 4 is 11.7 Å².